The SMILES string of the molecule is N.N.O=P(O)(O)OCCC(F)(F)C(F)(F)C(F)(F)C(F)(F)C(F)(F)C(F)(F)C(F)(F)F. The van der Waals surface area contributed by atoms with Gasteiger partial charge in [0.2, 0.25) is 0 Å². The van der Waals surface area contributed by atoms with Gasteiger partial charge in [-0.1, -0.05) is 0 Å². The average Bonchev–Trinajstić information content (AvgIpc) is 2.43. The predicted molar refractivity (Wildman–Crippen MR) is 68.4 cm³/mol. The Labute approximate surface area is 161 Å². The first-order valence-electron chi connectivity index (χ1n) is 6.24. The molecule has 0 bridgehead atoms. The first-order valence-corrected chi connectivity index (χ1v) is 7.77. The van der Waals surface area contributed by atoms with Gasteiger partial charge in [-0.2, -0.15) is 65.9 Å². The summed E-state index contributed by atoms with van der Waals surface area (Å²) < 4.78 is 205. The van der Waals surface area contributed by atoms with E-state index in [0.717, 1.165) is 0 Å². The van der Waals surface area contributed by atoms with Crippen LogP contribution in [0, 0.1) is 0 Å². The first-order chi connectivity index (χ1) is 12.2. The predicted octanol–water partition coefficient (Wildman–Crippen LogP) is 5.18. The number of rotatable bonds is 9. The van der Waals surface area contributed by atoms with Crippen LogP contribution in [0.15, 0.2) is 0 Å². The molecule has 192 valence electrons. The Balaban J connectivity index is -0.00000392. The van der Waals surface area contributed by atoms with Gasteiger partial charge in [-0.3, -0.25) is 4.52 Å². The number of phosphoric acid groups is 1. The van der Waals surface area contributed by atoms with Crippen LogP contribution < -0.4 is 12.3 Å². The lowest BCUT2D eigenvalue weighted by Crippen LogP contribution is -2.72. The highest BCUT2D eigenvalue weighted by Crippen LogP contribution is 2.62. The van der Waals surface area contributed by atoms with Crippen LogP contribution in [0.2, 0.25) is 0 Å². The minimum Gasteiger partial charge on any atom is -0.344 e. The molecule has 0 saturated heterocycles. The van der Waals surface area contributed by atoms with Gasteiger partial charge < -0.3 is 22.1 Å². The summed E-state index contributed by atoms with van der Waals surface area (Å²) in [6.45, 7) is -2.27. The maximum Gasteiger partial charge on any atom is 0.469 e. The molecule has 0 fully saturated rings. The zero-order valence-electron chi connectivity index (χ0n) is 14.2. The van der Waals surface area contributed by atoms with Crippen molar-refractivity contribution in [2.45, 2.75) is 48.1 Å². The molecule has 6 nitrogen and oxygen atoms in total. The van der Waals surface area contributed by atoms with Crippen molar-refractivity contribution < 1.29 is 84.7 Å². The summed E-state index contributed by atoms with van der Waals surface area (Å²) in [6, 6.07) is 0. The van der Waals surface area contributed by atoms with Crippen molar-refractivity contribution in [3.05, 3.63) is 0 Å². The second-order valence-corrected chi connectivity index (χ2v) is 6.39. The van der Waals surface area contributed by atoms with Crippen LogP contribution in [-0.2, 0) is 9.09 Å². The molecular weight excluding hydrogens is 516 g/mol. The largest absolute Gasteiger partial charge is 0.469 e. The van der Waals surface area contributed by atoms with Crippen molar-refractivity contribution in [2.75, 3.05) is 6.61 Å². The fourth-order valence-corrected chi connectivity index (χ4v) is 1.78. The minimum absolute atomic E-state index is 0. The van der Waals surface area contributed by atoms with E-state index in [0.29, 0.717) is 0 Å². The van der Waals surface area contributed by atoms with E-state index >= 15 is 0 Å². The molecule has 0 aliphatic rings. The fraction of sp³-hybridized carbons (Fsp3) is 1.00. The Kier molecular flexibility index (Phi) is 10.1. The molecule has 0 amide bonds. The highest BCUT2D eigenvalue weighted by atomic mass is 31.2. The summed E-state index contributed by atoms with van der Waals surface area (Å²) >= 11 is 0. The molecule has 31 heavy (non-hydrogen) atoms. The Bertz CT molecular complexity index is 647. The molecule has 0 spiro atoms. The van der Waals surface area contributed by atoms with Crippen LogP contribution in [0.25, 0.3) is 0 Å². The summed E-state index contributed by atoms with van der Waals surface area (Å²) in [6.07, 6.45) is -10.7. The van der Waals surface area contributed by atoms with E-state index in [1.165, 1.54) is 0 Å². The van der Waals surface area contributed by atoms with Crippen LogP contribution in [-0.4, -0.2) is 58.1 Å². The number of phosphoric ester groups is 1. The van der Waals surface area contributed by atoms with E-state index in [1.54, 1.807) is 0 Å². The highest BCUT2D eigenvalue weighted by molar-refractivity contribution is 7.46. The lowest BCUT2D eigenvalue weighted by molar-refractivity contribution is -0.452. The van der Waals surface area contributed by atoms with Crippen LogP contribution in [0.3, 0.4) is 0 Å². The normalized spacial score (nSPS) is 15.3. The summed E-state index contributed by atoms with van der Waals surface area (Å²) in [7, 11) is -5.70. The number of alkyl halides is 15. The molecule has 0 heterocycles. The van der Waals surface area contributed by atoms with Gasteiger partial charge in [-0.15, -0.1) is 0 Å². The second kappa shape index (κ2) is 9.08. The van der Waals surface area contributed by atoms with Gasteiger partial charge in [0.15, 0.2) is 0 Å². The lowest BCUT2D eigenvalue weighted by Gasteiger charge is -2.41. The second-order valence-electron chi connectivity index (χ2n) is 5.15. The first kappa shape index (κ1) is 34.6. The summed E-state index contributed by atoms with van der Waals surface area (Å²) in [5.41, 5.74) is 0. The van der Waals surface area contributed by atoms with Crippen molar-refractivity contribution in [1.29, 1.82) is 0 Å². The van der Waals surface area contributed by atoms with Gasteiger partial charge >= 0.3 is 49.5 Å². The van der Waals surface area contributed by atoms with E-state index in [-0.39, 0.29) is 12.3 Å². The number of halogens is 15. The van der Waals surface area contributed by atoms with Gasteiger partial charge in [-0.25, -0.2) is 4.57 Å². The molecule has 8 N–H and O–H groups in total. The van der Waals surface area contributed by atoms with Gasteiger partial charge in [0.25, 0.3) is 0 Å². The third kappa shape index (κ3) is 5.67. The van der Waals surface area contributed by atoms with Gasteiger partial charge in [0.1, 0.15) is 0 Å². The Morgan fingerprint density at radius 2 is 0.871 bits per heavy atom. The maximum atomic E-state index is 13.2. The van der Waals surface area contributed by atoms with Crippen molar-refractivity contribution >= 4 is 7.82 Å². The maximum absolute atomic E-state index is 13.2. The quantitative estimate of drug-likeness (QED) is 0.241. The van der Waals surface area contributed by atoms with Crippen molar-refractivity contribution in [3.8, 4) is 0 Å². The molecule has 0 aliphatic heterocycles. The van der Waals surface area contributed by atoms with Gasteiger partial charge in [0.05, 0.1) is 6.61 Å². The monoisotopic (exact) mass is 528 g/mol. The van der Waals surface area contributed by atoms with Gasteiger partial charge in [0, 0.05) is 6.42 Å². The van der Waals surface area contributed by atoms with Crippen molar-refractivity contribution in [1.82, 2.24) is 12.3 Å². The third-order valence-corrected chi connectivity index (χ3v) is 3.59. The molecule has 0 aromatic carbocycles. The molecular formula is C9H12F15N2O4P. The molecule has 22 heteroatoms. The average molecular weight is 528 g/mol. The van der Waals surface area contributed by atoms with Crippen LogP contribution in [0.5, 0.6) is 0 Å². The zero-order chi connectivity index (χ0) is 24.1. The molecule has 0 aliphatic carbocycles. The zero-order valence-corrected chi connectivity index (χ0v) is 15.1. The molecule has 0 unspecified atom stereocenters. The highest BCUT2D eigenvalue weighted by Gasteiger charge is 2.93. The van der Waals surface area contributed by atoms with Crippen LogP contribution >= 0.6 is 7.82 Å². The summed E-state index contributed by atoms with van der Waals surface area (Å²) in [5.74, 6) is -47.4. The third-order valence-electron chi connectivity index (χ3n) is 3.07. The Morgan fingerprint density at radius 1 is 0.581 bits per heavy atom. The van der Waals surface area contributed by atoms with E-state index in [1.807, 2.05) is 0 Å². The van der Waals surface area contributed by atoms with Crippen molar-refractivity contribution in [2.24, 2.45) is 0 Å². The molecule has 0 saturated carbocycles. The molecule has 0 radical (unpaired) electrons. The Morgan fingerprint density at radius 3 is 1.16 bits per heavy atom. The number of hydrogen-bond donors (Lipinski definition) is 4. The van der Waals surface area contributed by atoms with E-state index in [4.69, 9.17) is 9.79 Å². The standard InChI is InChI=1S/C9H6F15O4P.2H3N/c10-3(11,1-2-28-29(25,26)27)4(12,13)5(14,15)6(16,17)7(18,19)8(20,21)9(22,23)24;;/h1-2H2,(H2,25,26,27);2*1H3. The fourth-order valence-electron chi connectivity index (χ4n) is 1.45. The topological polar surface area (TPSA) is 137 Å². The molecule has 0 atom stereocenters. The van der Waals surface area contributed by atoms with Crippen molar-refractivity contribution in [3.63, 3.8) is 0 Å². The molecule has 0 aromatic heterocycles. The van der Waals surface area contributed by atoms with Gasteiger partial charge in [-0.05, 0) is 0 Å². The summed E-state index contributed by atoms with van der Waals surface area (Å²) in [5, 5.41) is 0. The van der Waals surface area contributed by atoms with Crippen LogP contribution in [0.4, 0.5) is 65.9 Å². The number of hydrogen-bond acceptors (Lipinski definition) is 4. The smallest absolute Gasteiger partial charge is 0.344 e. The minimum atomic E-state index is -8.41. The molecule has 0 rings (SSSR count). The van der Waals surface area contributed by atoms with E-state index < -0.39 is 62.6 Å². The van der Waals surface area contributed by atoms with Crippen LogP contribution in [0.1, 0.15) is 6.42 Å². The lowest BCUT2D eigenvalue weighted by atomic mass is 9.90. The Hall–Kier alpha value is -1.02. The van der Waals surface area contributed by atoms with E-state index in [9.17, 15) is 70.4 Å². The van der Waals surface area contributed by atoms with E-state index in [2.05, 4.69) is 4.52 Å². The summed E-state index contributed by atoms with van der Waals surface area (Å²) in [4.78, 5) is 16.2. The molecule has 0 aromatic rings.